The molecule has 3 aromatic carbocycles. The van der Waals surface area contributed by atoms with Crippen LogP contribution >= 0.6 is 11.3 Å². The van der Waals surface area contributed by atoms with Crippen LogP contribution in [0.2, 0.25) is 0 Å². The van der Waals surface area contributed by atoms with E-state index in [1.165, 1.54) is 34.4 Å². The summed E-state index contributed by atoms with van der Waals surface area (Å²) < 4.78 is 26.3. The number of nitrogens with zero attached hydrogens (tertiary/aromatic N) is 3. The molecule has 2 aliphatic heterocycles. The number of thiazole rings is 1. The fourth-order valence-corrected chi connectivity index (χ4v) is 8.16. The predicted octanol–water partition coefficient (Wildman–Crippen LogP) is 7.20. The Bertz CT molecular complexity index is 1900. The molecule has 6 rings (SSSR count). The van der Waals surface area contributed by atoms with Crippen LogP contribution < -0.4 is 5.32 Å². The summed E-state index contributed by atoms with van der Waals surface area (Å²) in [5.41, 5.74) is 2.44. The maximum atomic E-state index is 14.3. The fraction of sp³-hybridized carbons (Fsp3) is 0.429. The van der Waals surface area contributed by atoms with Crippen molar-refractivity contribution in [1.82, 2.24) is 20.1 Å². The molecule has 0 saturated carbocycles. The molecule has 2 aliphatic rings. The van der Waals surface area contributed by atoms with E-state index < -0.39 is 48.6 Å². The van der Waals surface area contributed by atoms with Gasteiger partial charge < -0.3 is 24.8 Å². The summed E-state index contributed by atoms with van der Waals surface area (Å²) in [5.74, 6) is -0.873. The smallest absolute Gasteiger partial charge is 0.410 e. The minimum Gasteiger partial charge on any atom is -0.444 e. The van der Waals surface area contributed by atoms with Gasteiger partial charge in [-0.05, 0) is 88.3 Å². The number of amides is 3. The molecule has 0 spiro atoms. The van der Waals surface area contributed by atoms with E-state index in [0.29, 0.717) is 19.6 Å². The van der Waals surface area contributed by atoms with E-state index in [2.05, 4.69) is 10.3 Å². The van der Waals surface area contributed by atoms with E-state index in [1.54, 1.807) is 25.7 Å². The number of carbonyl (C=O) groups is 3. The van der Waals surface area contributed by atoms with Crippen LogP contribution in [0.1, 0.15) is 94.2 Å². The Morgan fingerprint density at radius 2 is 1.67 bits per heavy atom. The molecule has 5 atom stereocenters. The van der Waals surface area contributed by atoms with Crippen LogP contribution in [0.4, 0.5) is 9.18 Å². The Kier molecular flexibility index (Phi) is 12.5. The highest BCUT2D eigenvalue weighted by atomic mass is 32.1. The highest BCUT2D eigenvalue weighted by molar-refractivity contribution is 7.09. The topological polar surface area (TPSA) is 121 Å². The SMILES string of the molecule is Cc1csc(C2CCCN2C(=O)c2cc(CF)cc(C(=O)NC(Cc3ccccc3)C(O)C3CC(OCc4ccccc4)CN3C(=O)OC(C)(C)C)c2)n1. The number of alkyl halides is 1. The minimum absolute atomic E-state index is 0.0964. The number of benzene rings is 3. The van der Waals surface area contributed by atoms with E-state index in [0.717, 1.165) is 34.7 Å². The van der Waals surface area contributed by atoms with Gasteiger partial charge in [0, 0.05) is 28.7 Å². The predicted molar refractivity (Wildman–Crippen MR) is 205 cm³/mol. The third-order valence-electron chi connectivity index (χ3n) is 9.77. The molecular weight excluding hydrogens is 708 g/mol. The fourth-order valence-electron chi connectivity index (χ4n) is 7.22. The molecule has 2 N–H and O–H groups in total. The van der Waals surface area contributed by atoms with Crippen LogP contribution in [0, 0.1) is 6.92 Å². The van der Waals surface area contributed by atoms with Gasteiger partial charge in [0.05, 0.1) is 43.5 Å². The number of hydrogen-bond acceptors (Lipinski definition) is 8. The van der Waals surface area contributed by atoms with Gasteiger partial charge in [0.2, 0.25) is 0 Å². The van der Waals surface area contributed by atoms with E-state index in [1.807, 2.05) is 73.0 Å². The minimum atomic E-state index is -1.25. The molecule has 0 bridgehead atoms. The maximum Gasteiger partial charge on any atom is 0.410 e. The molecule has 3 heterocycles. The summed E-state index contributed by atoms with van der Waals surface area (Å²) >= 11 is 1.51. The molecule has 0 radical (unpaired) electrons. The first-order valence-corrected chi connectivity index (χ1v) is 19.4. The van der Waals surface area contributed by atoms with Gasteiger partial charge in [-0.3, -0.25) is 14.5 Å². The molecule has 3 amide bonds. The Balaban J connectivity index is 1.26. The summed E-state index contributed by atoms with van der Waals surface area (Å²) in [6.45, 7) is 7.43. The van der Waals surface area contributed by atoms with Gasteiger partial charge in [-0.15, -0.1) is 11.3 Å². The second-order valence-corrected chi connectivity index (χ2v) is 16.0. The van der Waals surface area contributed by atoms with Gasteiger partial charge in [0.15, 0.2) is 0 Å². The third kappa shape index (κ3) is 9.71. The summed E-state index contributed by atoms with van der Waals surface area (Å²) in [4.78, 5) is 49.5. The van der Waals surface area contributed by atoms with Gasteiger partial charge in [-0.2, -0.15) is 0 Å². The number of aliphatic hydroxyl groups is 1. The van der Waals surface area contributed by atoms with Crippen LogP contribution in [0.5, 0.6) is 0 Å². The largest absolute Gasteiger partial charge is 0.444 e. The van der Waals surface area contributed by atoms with Crippen molar-refractivity contribution in [3.63, 3.8) is 0 Å². The normalized spacial score (nSPS) is 19.8. The maximum absolute atomic E-state index is 14.3. The van der Waals surface area contributed by atoms with E-state index in [-0.39, 0.29) is 41.6 Å². The molecule has 2 fully saturated rings. The van der Waals surface area contributed by atoms with Crippen LogP contribution in [0.15, 0.2) is 84.2 Å². The molecular formula is C42H49FN4O6S. The van der Waals surface area contributed by atoms with Crippen molar-refractivity contribution < 1.29 is 33.4 Å². The average Bonchev–Trinajstić information content (AvgIpc) is 3.93. The summed E-state index contributed by atoms with van der Waals surface area (Å²) in [6, 6.07) is 21.7. The standard InChI is InChI=1S/C42H49FN4O6S/c1-27-26-54-39(44-27)35-16-11-17-46(35)40(50)32-19-30(23-43)18-31(21-32)38(49)45-34(20-28-12-7-5-8-13-28)37(48)36-22-33(52-25-29-14-9-6-10-15-29)24-47(36)41(51)53-42(2,3)4/h5-10,12-15,18-19,21,26,33-37,48H,11,16-17,20,22-25H2,1-4H3,(H,45,49). The molecule has 0 aliphatic carbocycles. The first-order chi connectivity index (χ1) is 25.9. The lowest BCUT2D eigenvalue weighted by molar-refractivity contribution is -0.00248. The highest BCUT2D eigenvalue weighted by Crippen LogP contribution is 2.35. The molecule has 10 nitrogen and oxygen atoms in total. The zero-order chi connectivity index (χ0) is 38.4. The second kappa shape index (κ2) is 17.2. The van der Waals surface area contributed by atoms with E-state index in [9.17, 15) is 23.9 Å². The molecule has 54 heavy (non-hydrogen) atoms. The van der Waals surface area contributed by atoms with Crippen LogP contribution in [-0.4, -0.2) is 80.8 Å². The van der Waals surface area contributed by atoms with Crippen molar-refractivity contribution in [2.75, 3.05) is 13.1 Å². The van der Waals surface area contributed by atoms with Crippen molar-refractivity contribution in [1.29, 1.82) is 0 Å². The van der Waals surface area contributed by atoms with Gasteiger partial charge in [-0.25, -0.2) is 14.2 Å². The van der Waals surface area contributed by atoms with Crippen molar-refractivity contribution in [3.05, 3.63) is 123 Å². The number of carbonyl (C=O) groups excluding carboxylic acids is 3. The quantitative estimate of drug-likeness (QED) is 0.157. The summed E-state index contributed by atoms with van der Waals surface area (Å²) in [6.07, 6.45) is -0.113. The number of hydrogen-bond donors (Lipinski definition) is 2. The molecule has 5 unspecified atom stereocenters. The van der Waals surface area contributed by atoms with Crippen LogP contribution in [-0.2, 0) is 29.2 Å². The molecule has 286 valence electrons. The van der Waals surface area contributed by atoms with Crippen molar-refractivity contribution in [3.8, 4) is 0 Å². The molecule has 4 aromatic rings. The lowest BCUT2D eigenvalue weighted by Gasteiger charge is -2.34. The second-order valence-electron chi connectivity index (χ2n) is 15.2. The number of nitrogens with one attached hydrogen (secondary N) is 1. The Morgan fingerprint density at radius 3 is 2.31 bits per heavy atom. The van der Waals surface area contributed by atoms with Crippen molar-refractivity contribution >= 4 is 29.2 Å². The lowest BCUT2D eigenvalue weighted by atomic mass is 9.94. The van der Waals surface area contributed by atoms with E-state index >= 15 is 0 Å². The molecule has 1 aromatic heterocycles. The number of aliphatic hydroxyl groups excluding tert-OH is 1. The Morgan fingerprint density at radius 1 is 0.981 bits per heavy atom. The third-order valence-corrected chi connectivity index (χ3v) is 10.8. The number of halogens is 1. The zero-order valence-corrected chi connectivity index (χ0v) is 32.1. The van der Waals surface area contributed by atoms with Gasteiger partial charge in [-0.1, -0.05) is 60.7 Å². The van der Waals surface area contributed by atoms with Crippen LogP contribution in [0.3, 0.4) is 0 Å². The van der Waals surface area contributed by atoms with Gasteiger partial charge in [0.25, 0.3) is 11.8 Å². The monoisotopic (exact) mass is 756 g/mol. The molecule has 12 heteroatoms. The number of rotatable bonds is 12. The zero-order valence-electron chi connectivity index (χ0n) is 31.2. The summed E-state index contributed by atoms with van der Waals surface area (Å²) in [5, 5.41) is 18.0. The number of likely N-dealkylation sites (tertiary alicyclic amines) is 2. The van der Waals surface area contributed by atoms with Crippen molar-refractivity contribution in [2.24, 2.45) is 0 Å². The first-order valence-electron chi connectivity index (χ1n) is 18.5. The van der Waals surface area contributed by atoms with Gasteiger partial charge in [0.1, 0.15) is 17.3 Å². The Labute approximate surface area is 320 Å². The van der Waals surface area contributed by atoms with Crippen molar-refractivity contribution in [2.45, 2.75) is 103 Å². The first kappa shape index (κ1) is 39.1. The number of ether oxygens (including phenoxy) is 2. The average molecular weight is 757 g/mol. The number of aromatic nitrogens is 1. The highest BCUT2D eigenvalue weighted by Gasteiger charge is 2.44. The molecule has 2 saturated heterocycles. The summed E-state index contributed by atoms with van der Waals surface area (Å²) in [7, 11) is 0. The van der Waals surface area contributed by atoms with Crippen LogP contribution in [0.25, 0.3) is 0 Å². The lowest BCUT2D eigenvalue weighted by Crippen LogP contribution is -2.54. The Hall–Kier alpha value is -4.65. The van der Waals surface area contributed by atoms with E-state index in [4.69, 9.17) is 9.47 Å². The number of aryl methyl sites for hydroxylation is 1. The van der Waals surface area contributed by atoms with Gasteiger partial charge >= 0.3 is 6.09 Å².